The summed E-state index contributed by atoms with van der Waals surface area (Å²) in [6.45, 7) is 8.74. The Hall–Kier alpha value is -1.29. The minimum absolute atomic E-state index is 0.101. The van der Waals surface area contributed by atoms with Crippen molar-refractivity contribution in [3.63, 3.8) is 0 Å². The molecule has 1 aliphatic heterocycles. The van der Waals surface area contributed by atoms with Gasteiger partial charge in [0.15, 0.2) is 3.95 Å². The van der Waals surface area contributed by atoms with Crippen LogP contribution in [-0.2, 0) is 11.5 Å². The molecule has 1 atom stereocenters. The van der Waals surface area contributed by atoms with E-state index >= 15 is 0 Å². The molecule has 1 aromatic carbocycles. The van der Waals surface area contributed by atoms with Crippen LogP contribution in [0.25, 0.3) is 0 Å². The zero-order valence-electron chi connectivity index (χ0n) is 17.0. The van der Waals surface area contributed by atoms with Crippen molar-refractivity contribution in [2.45, 2.75) is 46.3 Å². The van der Waals surface area contributed by atoms with E-state index in [4.69, 9.17) is 12.2 Å². The van der Waals surface area contributed by atoms with Gasteiger partial charge in [0, 0.05) is 35.2 Å². The highest BCUT2D eigenvalue weighted by molar-refractivity contribution is 9.10. The van der Waals surface area contributed by atoms with Crippen molar-refractivity contribution in [1.82, 2.24) is 20.0 Å². The molecule has 2 N–H and O–H groups in total. The average Bonchev–Trinajstić information content (AvgIpc) is 3.01. The molecule has 0 aliphatic carbocycles. The van der Waals surface area contributed by atoms with Gasteiger partial charge in [0.2, 0.25) is 11.0 Å². The molecule has 0 bridgehead atoms. The minimum Gasteiger partial charge on any atom is -0.353 e. The number of hydrogen-bond acceptors (Lipinski definition) is 6. The van der Waals surface area contributed by atoms with Crippen LogP contribution in [-0.4, -0.2) is 39.7 Å². The Morgan fingerprint density at radius 2 is 2.07 bits per heavy atom. The van der Waals surface area contributed by atoms with Crippen molar-refractivity contribution in [3.05, 3.63) is 32.7 Å². The molecule has 0 radical (unpaired) electrons. The third kappa shape index (κ3) is 6.34. The number of carbonyl (C=O) groups excluding carboxylic acids is 1. The predicted molar refractivity (Wildman–Crippen MR) is 125 cm³/mol. The number of hydrogen-bond donors (Lipinski definition) is 2. The molecule has 1 amide bonds. The second-order valence-corrected chi connectivity index (χ2v) is 10.4. The molecule has 1 aromatic heterocycles. The first-order valence-electron chi connectivity index (χ1n) is 9.95. The molecule has 1 saturated heterocycles. The van der Waals surface area contributed by atoms with Gasteiger partial charge < -0.3 is 10.6 Å². The van der Waals surface area contributed by atoms with Crippen molar-refractivity contribution in [1.29, 1.82) is 0 Å². The van der Waals surface area contributed by atoms with Crippen LogP contribution in [0.5, 0.6) is 0 Å². The topological polar surface area (TPSA) is 62.2 Å². The molecular formula is C20H28BrN5OS2. The first-order valence-corrected chi connectivity index (χ1v) is 12.0. The molecule has 9 heteroatoms. The zero-order chi connectivity index (χ0) is 21.0. The highest BCUT2D eigenvalue weighted by Crippen LogP contribution is 2.24. The molecule has 3 rings (SSSR count). The van der Waals surface area contributed by atoms with Crippen LogP contribution in [0.15, 0.2) is 28.7 Å². The van der Waals surface area contributed by atoms with E-state index in [9.17, 15) is 4.79 Å². The highest BCUT2D eigenvalue weighted by Gasteiger charge is 2.26. The second kappa shape index (κ2) is 10.1. The van der Waals surface area contributed by atoms with Gasteiger partial charge in [-0.3, -0.25) is 9.69 Å². The van der Waals surface area contributed by atoms with E-state index in [0.29, 0.717) is 12.6 Å². The Labute approximate surface area is 189 Å². The van der Waals surface area contributed by atoms with E-state index in [1.54, 1.807) is 0 Å². The van der Waals surface area contributed by atoms with Crippen molar-refractivity contribution in [2.24, 2.45) is 11.8 Å². The van der Waals surface area contributed by atoms with Crippen LogP contribution in [0.3, 0.4) is 0 Å². The van der Waals surface area contributed by atoms with Gasteiger partial charge >= 0.3 is 0 Å². The first-order chi connectivity index (χ1) is 13.8. The Balaban J connectivity index is 1.52. The summed E-state index contributed by atoms with van der Waals surface area (Å²) in [5, 5.41) is 11.9. The fourth-order valence-electron chi connectivity index (χ4n) is 3.17. The number of halogens is 1. The number of piperidine rings is 1. The minimum atomic E-state index is 0.101. The van der Waals surface area contributed by atoms with Gasteiger partial charge in [-0.15, -0.1) is 5.10 Å². The Morgan fingerprint density at radius 3 is 2.72 bits per heavy atom. The lowest BCUT2D eigenvalue weighted by Crippen LogP contribution is -2.44. The molecule has 6 nitrogen and oxygen atoms in total. The smallest absolute Gasteiger partial charge is 0.223 e. The van der Waals surface area contributed by atoms with Crippen LogP contribution in [0.1, 0.15) is 33.6 Å². The van der Waals surface area contributed by atoms with E-state index in [0.717, 1.165) is 45.2 Å². The largest absolute Gasteiger partial charge is 0.353 e. The van der Waals surface area contributed by atoms with Crippen molar-refractivity contribution in [3.8, 4) is 0 Å². The van der Waals surface area contributed by atoms with E-state index in [2.05, 4.69) is 57.3 Å². The molecule has 2 heterocycles. The summed E-state index contributed by atoms with van der Waals surface area (Å²) < 4.78 is 3.62. The van der Waals surface area contributed by atoms with Crippen LogP contribution < -0.4 is 10.6 Å². The number of nitrogens with one attached hydrogen (secondary N) is 2. The van der Waals surface area contributed by atoms with Crippen LogP contribution in [0, 0.1) is 15.8 Å². The number of benzene rings is 1. The Kier molecular flexibility index (Phi) is 7.84. The summed E-state index contributed by atoms with van der Waals surface area (Å²) in [4.78, 5) is 14.8. The van der Waals surface area contributed by atoms with Crippen LogP contribution >= 0.6 is 39.5 Å². The number of carbonyl (C=O) groups is 1. The van der Waals surface area contributed by atoms with Crippen molar-refractivity contribution >= 4 is 56.2 Å². The number of nitrogens with zero attached hydrogens (tertiary/aromatic N) is 3. The van der Waals surface area contributed by atoms with Gasteiger partial charge in [0.1, 0.15) is 0 Å². The summed E-state index contributed by atoms with van der Waals surface area (Å²) in [6.07, 6.45) is 1.74. The molecule has 1 fully saturated rings. The zero-order valence-corrected chi connectivity index (χ0v) is 20.2. The van der Waals surface area contributed by atoms with Crippen molar-refractivity contribution < 1.29 is 4.79 Å². The van der Waals surface area contributed by atoms with E-state index in [1.165, 1.54) is 11.3 Å². The lowest BCUT2D eigenvalue weighted by molar-refractivity contribution is -0.127. The molecule has 2 aromatic rings. The van der Waals surface area contributed by atoms with Gasteiger partial charge in [0.25, 0.3) is 0 Å². The van der Waals surface area contributed by atoms with Gasteiger partial charge in [-0.2, -0.15) is 0 Å². The lowest BCUT2D eigenvalue weighted by Gasteiger charge is -2.31. The van der Waals surface area contributed by atoms with Gasteiger partial charge in [-0.1, -0.05) is 47.2 Å². The molecule has 0 spiro atoms. The fraction of sp³-hybridized carbons (Fsp3) is 0.550. The fourth-order valence-corrected chi connectivity index (χ4v) is 4.58. The number of amides is 1. The molecule has 0 saturated carbocycles. The van der Waals surface area contributed by atoms with E-state index in [1.807, 2.05) is 28.9 Å². The van der Waals surface area contributed by atoms with Gasteiger partial charge in [0.05, 0.1) is 6.67 Å². The summed E-state index contributed by atoms with van der Waals surface area (Å²) in [6, 6.07) is 8.18. The van der Waals surface area contributed by atoms with Gasteiger partial charge in [-0.05, 0) is 56.1 Å². The average molecular weight is 499 g/mol. The maximum Gasteiger partial charge on any atom is 0.223 e. The highest BCUT2D eigenvalue weighted by atomic mass is 79.9. The van der Waals surface area contributed by atoms with Crippen molar-refractivity contribution in [2.75, 3.05) is 18.4 Å². The summed E-state index contributed by atoms with van der Waals surface area (Å²) >= 11 is 10.4. The van der Waals surface area contributed by atoms with Crippen LogP contribution in [0.2, 0.25) is 0 Å². The Morgan fingerprint density at radius 1 is 1.34 bits per heavy atom. The summed E-state index contributed by atoms with van der Waals surface area (Å²) in [5.74, 6) is 0.742. The molecule has 158 valence electrons. The maximum atomic E-state index is 12.5. The standard InChI is InChI=1S/C20H28BrN5OS2/c1-13(2)14(3)22-18(27)15-7-9-25(10-8-15)12-26-20(28)29-19(24-26)23-17-6-4-5-16(21)11-17/h4-6,11,13-15H,7-10,12H2,1-3H3,(H,22,27)(H,23,24). The first kappa shape index (κ1) is 22.4. The molecule has 29 heavy (non-hydrogen) atoms. The lowest BCUT2D eigenvalue weighted by atomic mass is 9.95. The number of anilines is 2. The second-order valence-electron chi connectivity index (χ2n) is 7.88. The third-order valence-electron chi connectivity index (χ3n) is 5.34. The van der Waals surface area contributed by atoms with E-state index in [-0.39, 0.29) is 17.9 Å². The molecular weight excluding hydrogens is 470 g/mol. The molecule has 1 unspecified atom stereocenters. The number of rotatable bonds is 7. The number of likely N-dealkylation sites (tertiary alicyclic amines) is 1. The van der Waals surface area contributed by atoms with Gasteiger partial charge in [-0.25, -0.2) is 4.68 Å². The summed E-state index contributed by atoms with van der Waals surface area (Å²) in [5.41, 5.74) is 0.970. The van der Waals surface area contributed by atoms with E-state index < -0.39 is 0 Å². The Bertz CT molecular complexity index is 889. The normalized spacial score (nSPS) is 16.7. The SMILES string of the molecule is CC(C)C(C)NC(=O)C1CCN(Cn2nc(Nc3cccc(Br)c3)sc2=S)CC1. The summed E-state index contributed by atoms with van der Waals surface area (Å²) in [7, 11) is 0. The quantitative estimate of drug-likeness (QED) is 0.526. The third-order valence-corrected chi connectivity index (χ3v) is 7.06. The predicted octanol–water partition coefficient (Wildman–Crippen LogP) is 5.01. The van der Waals surface area contributed by atoms with Crippen LogP contribution in [0.4, 0.5) is 10.8 Å². The molecule has 1 aliphatic rings. The number of aromatic nitrogens is 2. The monoisotopic (exact) mass is 497 g/mol. The maximum absolute atomic E-state index is 12.5.